The van der Waals surface area contributed by atoms with Gasteiger partial charge in [-0.3, -0.25) is 0 Å². The second-order valence-electron chi connectivity index (χ2n) is 5.07. The molecule has 1 saturated heterocycles. The van der Waals surface area contributed by atoms with Gasteiger partial charge in [0.25, 0.3) is 0 Å². The fourth-order valence-electron chi connectivity index (χ4n) is 2.44. The van der Waals surface area contributed by atoms with Crippen molar-refractivity contribution in [1.82, 2.24) is 5.32 Å². The van der Waals surface area contributed by atoms with Crippen molar-refractivity contribution in [2.75, 3.05) is 20.2 Å². The van der Waals surface area contributed by atoms with E-state index in [0.29, 0.717) is 12.5 Å². The molecule has 1 fully saturated rings. The summed E-state index contributed by atoms with van der Waals surface area (Å²) in [5, 5.41) is 13.5. The number of hydrogen-bond donors (Lipinski definition) is 2. The van der Waals surface area contributed by atoms with Crippen LogP contribution in [0.15, 0.2) is 24.3 Å². The Morgan fingerprint density at radius 3 is 2.71 bits per heavy atom. The van der Waals surface area contributed by atoms with Gasteiger partial charge in [0.05, 0.1) is 12.7 Å². The lowest BCUT2D eigenvalue weighted by Crippen LogP contribution is -2.50. The summed E-state index contributed by atoms with van der Waals surface area (Å²) in [4.78, 5) is 0. The van der Waals surface area contributed by atoms with Gasteiger partial charge in [0.2, 0.25) is 0 Å². The summed E-state index contributed by atoms with van der Waals surface area (Å²) in [6.07, 6.45) is 1.96. The molecule has 17 heavy (non-hydrogen) atoms. The van der Waals surface area contributed by atoms with Crippen LogP contribution in [0, 0.1) is 5.92 Å². The Kier molecular flexibility index (Phi) is 3.69. The van der Waals surface area contributed by atoms with Gasteiger partial charge in [-0.05, 0) is 49.9 Å². The molecule has 1 aliphatic heterocycles. The van der Waals surface area contributed by atoms with Crippen molar-refractivity contribution >= 4 is 0 Å². The molecule has 0 aromatic heterocycles. The zero-order valence-electron chi connectivity index (χ0n) is 10.6. The lowest BCUT2D eigenvalue weighted by Gasteiger charge is -2.37. The molecule has 3 heteroatoms. The minimum Gasteiger partial charge on any atom is -0.497 e. The third-order valence-corrected chi connectivity index (χ3v) is 3.67. The van der Waals surface area contributed by atoms with Crippen molar-refractivity contribution in [3.63, 3.8) is 0 Å². The number of aliphatic hydroxyl groups is 1. The fourth-order valence-corrected chi connectivity index (χ4v) is 2.44. The van der Waals surface area contributed by atoms with Crippen LogP contribution in [0.5, 0.6) is 5.75 Å². The molecule has 0 saturated carbocycles. The van der Waals surface area contributed by atoms with Crippen LogP contribution in [0.2, 0.25) is 0 Å². The SMILES string of the molecule is COc1ccc(CC2CCNCC2(C)O)cc1. The molecule has 3 nitrogen and oxygen atoms in total. The number of methoxy groups -OCH3 is 1. The molecule has 2 rings (SSSR count). The molecular weight excluding hydrogens is 214 g/mol. The van der Waals surface area contributed by atoms with Gasteiger partial charge in [0.15, 0.2) is 0 Å². The van der Waals surface area contributed by atoms with E-state index in [1.165, 1.54) is 5.56 Å². The number of benzene rings is 1. The van der Waals surface area contributed by atoms with Gasteiger partial charge in [-0.2, -0.15) is 0 Å². The van der Waals surface area contributed by atoms with E-state index in [1.54, 1.807) is 7.11 Å². The van der Waals surface area contributed by atoms with Gasteiger partial charge in [-0.1, -0.05) is 12.1 Å². The monoisotopic (exact) mass is 235 g/mol. The number of rotatable bonds is 3. The fraction of sp³-hybridized carbons (Fsp3) is 0.571. The third-order valence-electron chi connectivity index (χ3n) is 3.67. The number of ether oxygens (including phenoxy) is 1. The predicted octanol–water partition coefficient (Wildman–Crippen LogP) is 1.60. The molecular formula is C14H21NO2. The summed E-state index contributed by atoms with van der Waals surface area (Å²) < 4.78 is 5.14. The molecule has 2 atom stereocenters. The van der Waals surface area contributed by atoms with Gasteiger partial charge in [0, 0.05) is 6.54 Å². The second kappa shape index (κ2) is 5.07. The van der Waals surface area contributed by atoms with Crippen molar-refractivity contribution < 1.29 is 9.84 Å². The number of nitrogens with one attached hydrogen (secondary N) is 1. The van der Waals surface area contributed by atoms with Gasteiger partial charge in [-0.15, -0.1) is 0 Å². The first-order valence-electron chi connectivity index (χ1n) is 6.18. The summed E-state index contributed by atoms with van der Waals surface area (Å²) in [6, 6.07) is 8.12. The molecule has 1 aromatic carbocycles. The van der Waals surface area contributed by atoms with Crippen LogP contribution in [0.4, 0.5) is 0 Å². The second-order valence-corrected chi connectivity index (χ2v) is 5.07. The summed E-state index contributed by atoms with van der Waals surface area (Å²) in [6.45, 7) is 3.61. The topological polar surface area (TPSA) is 41.5 Å². The smallest absolute Gasteiger partial charge is 0.118 e. The molecule has 2 unspecified atom stereocenters. The van der Waals surface area contributed by atoms with Crippen molar-refractivity contribution in [2.45, 2.75) is 25.4 Å². The molecule has 0 amide bonds. The van der Waals surface area contributed by atoms with Gasteiger partial charge < -0.3 is 15.2 Å². The first kappa shape index (κ1) is 12.4. The molecule has 0 radical (unpaired) electrons. The van der Waals surface area contributed by atoms with E-state index in [4.69, 9.17) is 4.74 Å². The van der Waals surface area contributed by atoms with E-state index in [9.17, 15) is 5.11 Å². The lowest BCUT2D eigenvalue weighted by molar-refractivity contribution is -0.0192. The van der Waals surface area contributed by atoms with Gasteiger partial charge >= 0.3 is 0 Å². The van der Waals surface area contributed by atoms with E-state index >= 15 is 0 Å². The Morgan fingerprint density at radius 2 is 2.12 bits per heavy atom. The Bertz CT molecular complexity index is 359. The zero-order chi connectivity index (χ0) is 12.3. The van der Waals surface area contributed by atoms with Crippen molar-refractivity contribution in [2.24, 2.45) is 5.92 Å². The highest BCUT2D eigenvalue weighted by Gasteiger charge is 2.34. The maximum Gasteiger partial charge on any atom is 0.118 e. The van der Waals surface area contributed by atoms with Crippen molar-refractivity contribution in [3.8, 4) is 5.75 Å². The normalized spacial score (nSPS) is 29.0. The Balaban J connectivity index is 2.03. The van der Waals surface area contributed by atoms with Crippen molar-refractivity contribution in [1.29, 1.82) is 0 Å². The zero-order valence-corrected chi connectivity index (χ0v) is 10.6. The minimum absolute atomic E-state index is 0.331. The maximum absolute atomic E-state index is 10.3. The molecule has 0 aliphatic carbocycles. The first-order chi connectivity index (χ1) is 8.12. The molecule has 1 aromatic rings. The molecule has 0 spiro atoms. The van der Waals surface area contributed by atoms with E-state index in [0.717, 1.165) is 25.1 Å². The Morgan fingerprint density at radius 1 is 1.41 bits per heavy atom. The van der Waals surface area contributed by atoms with E-state index in [1.807, 2.05) is 19.1 Å². The van der Waals surface area contributed by atoms with Crippen LogP contribution in [0.25, 0.3) is 0 Å². The quantitative estimate of drug-likeness (QED) is 0.836. The molecule has 1 aliphatic rings. The average Bonchev–Trinajstić information content (AvgIpc) is 2.33. The first-order valence-corrected chi connectivity index (χ1v) is 6.18. The van der Waals surface area contributed by atoms with Crippen LogP contribution in [0.1, 0.15) is 18.9 Å². The van der Waals surface area contributed by atoms with E-state index < -0.39 is 5.60 Å². The minimum atomic E-state index is -0.599. The van der Waals surface area contributed by atoms with Crippen LogP contribution in [-0.4, -0.2) is 30.9 Å². The largest absolute Gasteiger partial charge is 0.497 e. The Hall–Kier alpha value is -1.06. The predicted molar refractivity (Wildman–Crippen MR) is 68.3 cm³/mol. The summed E-state index contributed by atoms with van der Waals surface area (Å²) in [7, 11) is 1.67. The Labute approximate surface area is 103 Å². The number of β-amino-alcohol motifs (C(OH)–C–C–N with tert-alkyl or cyclic N) is 1. The molecule has 1 heterocycles. The van der Waals surface area contributed by atoms with Gasteiger partial charge in [0.1, 0.15) is 5.75 Å². The van der Waals surface area contributed by atoms with Crippen LogP contribution in [0.3, 0.4) is 0 Å². The van der Waals surface area contributed by atoms with E-state index in [-0.39, 0.29) is 0 Å². The third kappa shape index (κ3) is 2.99. The number of hydrogen-bond acceptors (Lipinski definition) is 3. The highest BCUT2D eigenvalue weighted by molar-refractivity contribution is 5.27. The van der Waals surface area contributed by atoms with Crippen LogP contribution in [-0.2, 0) is 6.42 Å². The van der Waals surface area contributed by atoms with Crippen LogP contribution < -0.4 is 10.1 Å². The summed E-state index contributed by atoms with van der Waals surface area (Å²) >= 11 is 0. The highest BCUT2D eigenvalue weighted by Crippen LogP contribution is 2.27. The standard InChI is InChI=1S/C14H21NO2/c1-14(16)10-15-8-7-12(14)9-11-3-5-13(17-2)6-4-11/h3-6,12,15-16H,7-10H2,1-2H3. The maximum atomic E-state index is 10.3. The number of piperidine rings is 1. The molecule has 2 N–H and O–H groups in total. The van der Waals surface area contributed by atoms with Crippen LogP contribution >= 0.6 is 0 Å². The average molecular weight is 235 g/mol. The van der Waals surface area contributed by atoms with Gasteiger partial charge in [-0.25, -0.2) is 0 Å². The molecule has 94 valence electrons. The highest BCUT2D eigenvalue weighted by atomic mass is 16.5. The summed E-state index contributed by atoms with van der Waals surface area (Å²) in [5.41, 5.74) is 0.663. The lowest BCUT2D eigenvalue weighted by atomic mass is 9.79. The van der Waals surface area contributed by atoms with E-state index in [2.05, 4.69) is 17.4 Å². The van der Waals surface area contributed by atoms with Crippen molar-refractivity contribution in [3.05, 3.63) is 29.8 Å². The molecule has 0 bridgehead atoms. The summed E-state index contributed by atoms with van der Waals surface area (Å²) in [5.74, 6) is 1.21.